The van der Waals surface area contributed by atoms with E-state index in [0.29, 0.717) is 16.8 Å². The van der Waals surface area contributed by atoms with E-state index in [-0.39, 0.29) is 5.78 Å². The highest BCUT2D eigenvalue weighted by atomic mass is 16.1. The van der Waals surface area contributed by atoms with Crippen molar-refractivity contribution < 1.29 is 4.79 Å². The Morgan fingerprint density at radius 3 is 2.95 bits per heavy atom. The number of carbonyl (C=O) groups is 1. The minimum absolute atomic E-state index is 0.127. The first-order valence-corrected chi connectivity index (χ1v) is 6.18. The van der Waals surface area contributed by atoms with Crippen molar-refractivity contribution in [2.24, 2.45) is 0 Å². The van der Waals surface area contributed by atoms with Gasteiger partial charge in [-0.1, -0.05) is 12.1 Å². The SMILES string of the molecule is Cc1ccc(C#N)cc1C(=O)c1cnc2ccccn12. The predicted molar refractivity (Wildman–Crippen MR) is 74.5 cm³/mol. The molecule has 2 heterocycles. The van der Waals surface area contributed by atoms with Crippen molar-refractivity contribution >= 4 is 11.4 Å². The van der Waals surface area contributed by atoms with E-state index in [1.54, 1.807) is 35.0 Å². The van der Waals surface area contributed by atoms with Gasteiger partial charge in [-0.25, -0.2) is 4.98 Å². The molecule has 0 saturated heterocycles. The van der Waals surface area contributed by atoms with Gasteiger partial charge in [0.05, 0.1) is 17.8 Å². The largest absolute Gasteiger partial charge is 0.297 e. The summed E-state index contributed by atoms with van der Waals surface area (Å²) >= 11 is 0. The number of rotatable bonds is 2. The van der Waals surface area contributed by atoms with Crippen molar-refractivity contribution in [3.05, 3.63) is 71.2 Å². The van der Waals surface area contributed by atoms with E-state index in [4.69, 9.17) is 5.26 Å². The maximum atomic E-state index is 12.6. The van der Waals surface area contributed by atoms with E-state index in [9.17, 15) is 4.79 Å². The molecule has 3 aromatic rings. The maximum Gasteiger partial charge on any atom is 0.211 e. The monoisotopic (exact) mass is 261 g/mol. The lowest BCUT2D eigenvalue weighted by atomic mass is 10.0. The summed E-state index contributed by atoms with van der Waals surface area (Å²) in [5, 5.41) is 8.96. The van der Waals surface area contributed by atoms with Crippen LogP contribution >= 0.6 is 0 Å². The summed E-state index contributed by atoms with van der Waals surface area (Å²) in [4.78, 5) is 16.9. The Morgan fingerprint density at radius 2 is 2.15 bits per heavy atom. The summed E-state index contributed by atoms with van der Waals surface area (Å²) in [6.07, 6.45) is 3.37. The maximum absolute atomic E-state index is 12.6. The van der Waals surface area contributed by atoms with Crippen LogP contribution in [0.1, 0.15) is 27.2 Å². The van der Waals surface area contributed by atoms with Gasteiger partial charge in [-0.15, -0.1) is 0 Å². The third-order valence-electron chi connectivity index (χ3n) is 3.26. The number of hydrogen-bond donors (Lipinski definition) is 0. The molecule has 0 aliphatic rings. The van der Waals surface area contributed by atoms with Crippen molar-refractivity contribution in [2.45, 2.75) is 6.92 Å². The molecule has 0 fully saturated rings. The van der Waals surface area contributed by atoms with Crippen molar-refractivity contribution in [3.63, 3.8) is 0 Å². The van der Waals surface area contributed by atoms with E-state index in [1.165, 1.54) is 0 Å². The molecule has 2 aromatic heterocycles. The van der Waals surface area contributed by atoms with Crippen LogP contribution < -0.4 is 0 Å². The zero-order chi connectivity index (χ0) is 14.1. The number of pyridine rings is 1. The average Bonchev–Trinajstić information content (AvgIpc) is 2.91. The fourth-order valence-electron chi connectivity index (χ4n) is 2.17. The second kappa shape index (κ2) is 4.63. The topological polar surface area (TPSA) is 58.2 Å². The predicted octanol–water partition coefficient (Wildman–Crippen LogP) is 2.75. The molecule has 0 aliphatic heterocycles. The molecule has 0 radical (unpaired) electrons. The zero-order valence-corrected chi connectivity index (χ0v) is 10.9. The van der Waals surface area contributed by atoms with Gasteiger partial charge in [0.1, 0.15) is 11.3 Å². The quantitative estimate of drug-likeness (QED) is 0.666. The van der Waals surface area contributed by atoms with Crippen LogP contribution in [0.15, 0.2) is 48.8 Å². The van der Waals surface area contributed by atoms with Gasteiger partial charge in [-0.05, 0) is 36.8 Å². The van der Waals surface area contributed by atoms with Crippen LogP contribution in [0.3, 0.4) is 0 Å². The molecule has 0 spiro atoms. The van der Waals surface area contributed by atoms with Gasteiger partial charge in [-0.3, -0.25) is 9.20 Å². The molecule has 0 atom stereocenters. The van der Waals surface area contributed by atoms with E-state index in [1.807, 2.05) is 25.1 Å². The third kappa shape index (κ3) is 1.86. The molecular weight excluding hydrogens is 250 g/mol. The summed E-state index contributed by atoms with van der Waals surface area (Å²) in [6.45, 7) is 1.86. The summed E-state index contributed by atoms with van der Waals surface area (Å²) in [5.74, 6) is -0.127. The number of nitriles is 1. The Hall–Kier alpha value is -2.93. The molecule has 96 valence electrons. The normalized spacial score (nSPS) is 10.4. The van der Waals surface area contributed by atoms with Crippen molar-refractivity contribution in [3.8, 4) is 6.07 Å². The lowest BCUT2D eigenvalue weighted by Crippen LogP contribution is -2.07. The number of benzene rings is 1. The number of imidazole rings is 1. The van der Waals surface area contributed by atoms with Crippen LogP contribution in [0.5, 0.6) is 0 Å². The molecule has 0 bridgehead atoms. The molecule has 20 heavy (non-hydrogen) atoms. The minimum Gasteiger partial charge on any atom is -0.297 e. The first-order chi connectivity index (χ1) is 9.70. The Morgan fingerprint density at radius 1 is 1.30 bits per heavy atom. The van der Waals surface area contributed by atoms with Crippen LogP contribution in [0, 0.1) is 18.3 Å². The number of ketones is 1. The Balaban J connectivity index is 2.16. The van der Waals surface area contributed by atoms with Crippen molar-refractivity contribution in [1.29, 1.82) is 5.26 Å². The fraction of sp³-hybridized carbons (Fsp3) is 0.0625. The number of fused-ring (bicyclic) bond motifs is 1. The van der Waals surface area contributed by atoms with Gasteiger partial charge in [0.25, 0.3) is 0 Å². The van der Waals surface area contributed by atoms with Crippen molar-refractivity contribution in [1.82, 2.24) is 9.38 Å². The summed E-state index contributed by atoms with van der Waals surface area (Å²) < 4.78 is 1.75. The number of nitrogens with zero attached hydrogens (tertiary/aromatic N) is 3. The molecule has 0 aliphatic carbocycles. The van der Waals surface area contributed by atoms with Gasteiger partial charge < -0.3 is 0 Å². The van der Waals surface area contributed by atoms with Gasteiger partial charge in [0.2, 0.25) is 5.78 Å². The molecule has 1 aromatic carbocycles. The van der Waals surface area contributed by atoms with E-state index in [2.05, 4.69) is 11.1 Å². The van der Waals surface area contributed by atoms with Gasteiger partial charge >= 0.3 is 0 Å². The second-order valence-corrected chi connectivity index (χ2v) is 4.54. The van der Waals surface area contributed by atoms with Gasteiger partial charge in [-0.2, -0.15) is 5.26 Å². The first kappa shape index (κ1) is 12.1. The van der Waals surface area contributed by atoms with Crippen LogP contribution in [0.4, 0.5) is 0 Å². The molecule has 0 saturated carbocycles. The van der Waals surface area contributed by atoms with Gasteiger partial charge in [0.15, 0.2) is 0 Å². The van der Waals surface area contributed by atoms with E-state index in [0.717, 1.165) is 11.2 Å². The molecular formula is C16H11N3O. The van der Waals surface area contributed by atoms with Crippen LogP contribution in [-0.2, 0) is 0 Å². The van der Waals surface area contributed by atoms with Crippen molar-refractivity contribution in [2.75, 3.05) is 0 Å². The van der Waals surface area contributed by atoms with Crippen LogP contribution in [0.25, 0.3) is 5.65 Å². The standard InChI is InChI=1S/C16H11N3O/c1-11-5-6-12(9-17)8-13(11)16(20)14-10-18-15-4-2-3-7-19(14)15/h2-8,10H,1H3. The van der Waals surface area contributed by atoms with E-state index >= 15 is 0 Å². The Bertz CT molecular complexity index is 856. The Labute approximate surface area is 115 Å². The highest BCUT2D eigenvalue weighted by molar-refractivity contribution is 6.09. The summed E-state index contributed by atoms with van der Waals surface area (Å²) in [5.41, 5.74) is 3.09. The zero-order valence-electron chi connectivity index (χ0n) is 10.9. The lowest BCUT2D eigenvalue weighted by Gasteiger charge is -2.05. The third-order valence-corrected chi connectivity index (χ3v) is 3.26. The number of hydrogen-bond acceptors (Lipinski definition) is 3. The fourth-order valence-corrected chi connectivity index (χ4v) is 2.17. The van der Waals surface area contributed by atoms with E-state index < -0.39 is 0 Å². The molecule has 3 rings (SSSR count). The lowest BCUT2D eigenvalue weighted by molar-refractivity contribution is 0.103. The summed E-state index contributed by atoms with van der Waals surface area (Å²) in [6, 6.07) is 12.7. The molecule has 0 unspecified atom stereocenters. The minimum atomic E-state index is -0.127. The highest BCUT2D eigenvalue weighted by Gasteiger charge is 2.16. The highest BCUT2D eigenvalue weighted by Crippen LogP contribution is 2.17. The van der Waals surface area contributed by atoms with Gasteiger partial charge in [0, 0.05) is 11.8 Å². The number of aryl methyl sites for hydroxylation is 1. The average molecular weight is 261 g/mol. The summed E-state index contributed by atoms with van der Waals surface area (Å²) in [7, 11) is 0. The molecule has 4 heteroatoms. The van der Waals surface area contributed by atoms with Crippen LogP contribution in [-0.4, -0.2) is 15.2 Å². The smallest absolute Gasteiger partial charge is 0.211 e. The Kier molecular flexibility index (Phi) is 2.81. The first-order valence-electron chi connectivity index (χ1n) is 6.18. The molecule has 4 nitrogen and oxygen atoms in total. The number of aromatic nitrogens is 2. The molecule has 0 amide bonds. The van der Waals surface area contributed by atoms with Crippen LogP contribution in [0.2, 0.25) is 0 Å². The second-order valence-electron chi connectivity index (χ2n) is 4.54. The molecule has 0 N–H and O–H groups in total. The number of carbonyl (C=O) groups excluding carboxylic acids is 1.